The minimum absolute atomic E-state index is 0.0211. The van der Waals surface area contributed by atoms with Crippen molar-refractivity contribution >= 4 is 29.6 Å². The molecule has 0 bridgehead atoms. The third-order valence-corrected chi connectivity index (χ3v) is 3.14. The molecule has 0 aliphatic rings. The second kappa shape index (κ2) is 9.42. The molecular formula is C17H14N4O6. The molecule has 0 aromatic heterocycles. The monoisotopic (exact) mass is 370 g/mol. The molecule has 0 spiro atoms. The number of hydrogen-bond acceptors (Lipinski definition) is 7. The lowest BCUT2D eigenvalue weighted by molar-refractivity contribution is -0.385. The number of nitrogens with one attached hydrogen (secondary N) is 1. The van der Waals surface area contributed by atoms with Gasteiger partial charge in [-0.05, 0) is 17.7 Å². The highest BCUT2D eigenvalue weighted by Gasteiger charge is 2.14. The number of hydrogen-bond donors (Lipinski definition) is 1. The Balaban J connectivity index is 1.83. The van der Waals surface area contributed by atoms with E-state index in [0.29, 0.717) is 5.56 Å². The lowest BCUT2D eigenvalue weighted by Gasteiger charge is -2.05. The summed E-state index contributed by atoms with van der Waals surface area (Å²) in [5, 5.41) is 25.2. The number of carbonyl (C=O) groups is 1. The van der Waals surface area contributed by atoms with Gasteiger partial charge in [-0.15, -0.1) is 0 Å². The Bertz CT molecular complexity index is 910. The molecule has 1 N–H and O–H groups in total. The summed E-state index contributed by atoms with van der Waals surface area (Å²) in [5.41, 5.74) is 2.52. The molecule has 0 saturated heterocycles. The van der Waals surface area contributed by atoms with Gasteiger partial charge < -0.3 is 4.74 Å². The van der Waals surface area contributed by atoms with Gasteiger partial charge >= 0.3 is 5.69 Å². The fraction of sp³-hybridized carbons (Fsp3) is 0.0588. The van der Waals surface area contributed by atoms with Crippen LogP contribution in [0.15, 0.2) is 59.7 Å². The highest BCUT2D eigenvalue weighted by atomic mass is 16.6. The third-order valence-electron chi connectivity index (χ3n) is 3.14. The number of carbonyl (C=O) groups excluding carboxylic acids is 1. The zero-order valence-electron chi connectivity index (χ0n) is 13.8. The number of nitro benzene ring substituents is 2. The number of para-hydroxylation sites is 2. The number of benzene rings is 2. The van der Waals surface area contributed by atoms with Gasteiger partial charge in [0.15, 0.2) is 12.4 Å². The zero-order valence-corrected chi connectivity index (χ0v) is 13.8. The number of hydrazone groups is 1. The van der Waals surface area contributed by atoms with Crippen LogP contribution in [0.1, 0.15) is 5.56 Å². The van der Waals surface area contributed by atoms with Crippen LogP contribution >= 0.6 is 0 Å². The molecule has 0 aliphatic heterocycles. The van der Waals surface area contributed by atoms with E-state index in [1.807, 2.05) is 0 Å². The summed E-state index contributed by atoms with van der Waals surface area (Å²) in [6.45, 7) is -0.448. The Morgan fingerprint density at radius 1 is 1.11 bits per heavy atom. The van der Waals surface area contributed by atoms with Gasteiger partial charge in [0.05, 0.1) is 9.85 Å². The zero-order chi connectivity index (χ0) is 19.6. The number of nitrogens with zero attached hydrogens (tertiary/aromatic N) is 3. The van der Waals surface area contributed by atoms with Crippen molar-refractivity contribution in [3.63, 3.8) is 0 Å². The van der Waals surface area contributed by atoms with Crippen molar-refractivity contribution in [2.45, 2.75) is 0 Å². The molecule has 10 heteroatoms. The van der Waals surface area contributed by atoms with Crippen LogP contribution in [-0.2, 0) is 4.79 Å². The number of allylic oxidation sites excluding steroid dienone is 1. The Labute approximate surface area is 153 Å². The molecule has 2 rings (SSSR count). The van der Waals surface area contributed by atoms with E-state index in [1.165, 1.54) is 42.6 Å². The van der Waals surface area contributed by atoms with Crippen molar-refractivity contribution < 1.29 is 19.4 Å². The average Bonchev–Trinajstić information content (AvgIpc) is 2.66. The summed E-state index contributed by atoms with van der Waals surface area (Å²) in [7, 11) is 0. The summed E-state index contributed by atoms with van der Waals surface area (Å²) in [6, 6.07) is 11.7. The maximum Gasteiger partial charge on any atom is 0.310 e. The van der Waals surface area contributed by atoms with E-state index in [9.17, 15) is 25.0 Å². The largest absolute Gasteiger partial charge is 0.477 e. The van der Waals surface area contributed by atoms with Crippen molar-refractivity contribution in [2.24, 2.45) is 5.10 Å². The predicted octanol–water partition coefficient (Wildman–Crippen LogP) is 2.70. The van der Waals surface area contributed by atoms with E-state index in [1.54, 1.807) is 24.3 Å². The maximum absolute atomic E-state index is 11.6. The van der Waals surface area contributed by atoms with Gasteiger partial charge in [0, 0.05) is 24.4 Å². The topological polar surface area (TPSA) is 137 Å². The van der Waals surface area contributed by atoms with Crippen LogP contribution in [-0.4, -0.2) is 28.6 Å². The molecule has 0 saturated carbocycles. The first-order chi connectivity index (χ1) is 13.0. The lowest BCUT2D eigenvalue weighted by Crippen LogP contribution is -2.24. The molecular weight excluding hydrogens is 356 g/mol. The van der Waals surface area contributed by atoms with Gasteiger partial charge in [-0.25, -0.2) is 5.43 Å². The summed E-state index contributed by atoms with van der Waals surface area (Å²) >= 11 is 0. The van der Waals surface area contributed by atoms with Crippen LogP contribution in [0.2, 0.25) is 0 Å². The van der Waals surface area contributed by atoms with Crippen LogP contribution in [0, 0.1) is 20.2 Å². The highest BCUT2D eigenvalue weighted by molar-refractivity contribution is 5.82. The molecule has 0 unspecified atom stereocenters. The molecule has 10 nitrogen and oxygen atoms in total. The Hall–Kier alpha value is -4.08. The molecule has 0 atom stereocenters. The van der Waals surface area contributed by atoms with E-state index >= 15 is 0 Å². The first-order valence-electron chi connectivity index (χ1n) is 7.56. The predicted molar refractivity (Wildman–Crippen MR) is 97.4 cm³/mol. The van der Waals surface area contributed by atoms with Gasteiger partial charge in [-0.3, -0.25) is 25.0 Å². The third kappa shape index (κ3) is 6.05. The fourth-order valence-corrected chi connectivity index (χ4v) is 1.95. The number of amides is 1. The van der Waals surface area contributed by atoms with Crippen molar-refractivity contribution in [1.29, 1.82) is 0 Å². The summed E-state index contributed by atoms with van der Waals surface area (Å²) in [5.74, 6) is -0.625. The van der Waals surface area contributed by atoms with E-state index in [4.69, 9.17) is 4.74 Å². The van der Waals surface area contributed by atoms with Gasteiger partial charge in [0.1, 0.15) is 0 Å². The minimum Gasteiger partial charge on any atom is -0.477 e. The van der Waals surface area contributed by atoms with Crippen molar-refractivity contribution in [2.75, 3.05) is 6.61 Å². The van der Waals surface area contributed by atoms with E-state index in [-0.39, 0.29) is 17.1 Å². The van der Waals surface area contributed by atoms with Gasteiger partial charge in [-0.1, -0.05) is 30.3 Å². The van der Waals surface area contributed by atoms with Gasteiger partial charge in [0.2, 0.25) is 0 Å². The lowest BCUT2D eigenvalue weighted by atomic mass is 10.2. The Morgan fingerprint density at radius 2 is 1.89 bits per heavy atom. The Kier molecular flexibility index (Phi) is 6.71. The van der Waals surface area contributed by atoms with E-state index < -0.39 is 22.4 Å². The second-order valence-corrected chi connectivity index (χ2v) is 5.04. The minimum atomic E-state index is -0.607. The summed E-state index contributed by atoms with van der Waals surface area (Å²) < 4.78 is 5.11. The molecule has 138 valence electrons. The molecule has 0 radical (unpaired) electrons. The molecule has 0 heterocycles. The van der Waals surface area contributed by atoms with Crippen LogP contribution in [0.25, 0.3) is 6.08 Å². The quantitative estimate of drug-likeness (QED) is 0.431. The Morgan fingerprint density at radius 3 is 2.63 bits per heavy atom. The van der Waals surface area contributed by atoms with Gasteiger partial charge in [-0.2, -0.15) is 5.10 Å². The van der Waals surface area contributed by atoms with Crippen LogP contribution < -0.4 is 10.2 Å². The van der Waals surface area contributed by atoms with Crippen molar-refractivity contribution in [3.05, 3.63) is 80.4 Å². The van der Waals surface area contributed by atoms with Crippen molar-refractivity contribution in [1.82, 2.24) is 5.43 Å². The normalized spacial score (nSPS) is 10.8. The number of rotatable bonds is 8. The molecule has 27 heavy (non-hydrogen) atoms. The molecule has 0 aliphatic carbocycles. The van der Waals surface area contributed by atoms with Gasteiger partial charge in [0.25, 0.3) is 11.6 Å². The second-order valence-electron chi connectivity index (χ2n) is 5.04. The average molecular weight is 370 g/mol. The molecule has 0 fully saturated rings. The first kappa shape index (κ1) is 19.2. The fourth-order valence-electron chi connectivity index (χ4n) is 1.95. The smallest absolute Gasteiger partial charge is 0.310 e. The standard InChI is InChI=1S/C17H14N4O6/c22-17(12-27-16-9-2-1-8-15(16)21(25)26)19-18-10-4-6-13-5-3-7-14(11-13)20(23)24/h1-11H,12H2,(H,19,22). The van der Waals surface area contributed by atoms with Crippen LogP contribution in [0.5, 0.6) is 5.75 Å². The number of nitro groups is 2. The van der Waals surface area contributed by atoms with Crippen molar-refractivity contribution in [3.8, 4) is 5.75 Å². The molecule has 2 aromatic rings. The summed E-state index contributed by atoms with van der Waals surface area (Å²) in [4.78, 5) is 32.1. The van der Waals surface area contributed by atoms with Crippen LogP contribution in [0.3, 0.4) is 0 Å². The first-order valence-corrected chi connectivity index (χ1v) is 7.56. The number of non-ortho nitro benzene ring substituents is 1. The van der Waals surface area contributed by atoms with Crippen LogP contribution in [0.4, 0.5) is 11.4 Å². The summed E-state index contributed by atoms with van der Waals surface area (Å²) in [6.07, 6.45) is 4.34. The number of ether oxygens (including phenoxy) is 1. The molecule has 2 aromatic carbocycles. The highest BCUT2D eigenvalue weighted by Crippen LogP contribution is 2.25. The molecule has 1 amide bonds. The SMILES string of the molecule is O=C(COc1ccccc1[N+](=O)[O-])NN=CC=Cc1cccc([N+](=O)[O-])c1. The van der Waals surface area contributed by atoms with E-state index in [2.05, 4.69) is 10.5 Å². The van der Waals surface area contributed by atoms with E-state index in [0.717, 1.165) is 0 Å². The maximum atomic E-state index is 11.6.